The summed E-state index contributed by atoms with van der Waals surface area (Å²) in [6.07, 6.45) is 7.43. The van der Waals surface area contributed by atoms with Gasteiger partial charge in [0.05, 0.1) is 12.5 Å². The van der Waals surface area contributed by atoms with E-state index in [0.717, 1.165) is 32.3 Å². The minimum absolute atomic E-state index is 0.0276. The van der Waals surface area contributed by atoms with Gasteiger partial charge in [0.1, 0.15) is 0 Å². The number of hydrogen-bond donors (Lipinski definition) is 1. The standard InChI is InChI=1S/C14H20O5/c15-13(16)11-8-18-14(10-5-3-4-9(10)11)19-12-6-1-2-7-17-12/h3-4,9-12,14H,1-2,5-8H2,(H,15,16). The van der Waals surface area contributed by atoms with E-state index in [1.807, 2.05) is 12.2 Å². The fourth-order valence-corrected chi connectivity index (χ4v) is 3.20. The van der Waals surface area contributed by atoms with Crippen molar-refractivity contribution in [3.8, 4) is 0 Å². The quantitative estimate of drug-likeness (QED) is 0.790. The molecule has 5 unspecified atom stereocenters. The molecule has 2 saturated heterocycles. The molecule has 0 aromatic heterocycles. The highest BCUT2D eigenvalue weighted by molar-refractivity contribution is 5.71. The molecule has 5 heteroatoms. The number of hydrogen-bond acceptors (Lipinski definition) is 4. The average Bonchev–Trinajstić information content (AvgIpc) is 2.89. The highest BCUT2D eigenvalue weighted by Gasteiger charge is 2.45. The number of carbonyl (C=O) groups is 1. The van der Waals surface area contributed by atoms with Crippen molar-refractivity contribution in [1.29, 1.82) is 0 Å². The monoisotopic (exact) mass is 268 g/mol. The molecule has 1 aliphatic carbocycles. The molecule has 2 fully saturated rings. The van der Waals surface area contributed by atoms with E-state index in [9.17, 15) is 9.90 Å². The van der Waals surface area contributed by atoms with Gasteiger partial charge in [-0.1, -0.05) is 12.2 Å². The Bertz CT molecular complexity index is 361. The van der Waals surface area contributed by atoms with E-state index in [-0.39, 0.29) is 31.0 Å². The van der Waals surface area contributed by atoms with Gasteiger partial charge in [-0.15, -0.1) is 0 Å². The third-order valence-electron chi connectivity index (χ3n) is 4.26. The topological polar surface area (TPSA) is 65.0 Å². The van der Waals surface area contributed by atoms with Crippen LogP contribution in [-0.2, 0) is 19.0 Å². The van der Waals surface area contributed by atoms with Crippen LogP contribution in [0.2, 0.25) is 0 Å². The first-order valence-electron chi connectivity index (χ1n) is 7.04. The zero-order valence-corrected chi connectivity index (χ0v) is 10.9. The SMILES string of the molecule is O=C(O)C1COC(OC2CCCCO2)C2CC=CC12. The molecule has 2 heterocycles. The van der Waals surface area contributed by atoms with E-state index in [1.165, 1.54) is 0 Å². The Morgan fingerprint density at radius 1 is 1.32 bits per heavy atom. The summed E-state index contributed by atoms with van der Waals surface area (Å²) in [4.78, 5) is 11.2. The molecule has 3 rings (SSSR count). The summed E-state index contributed by atoms with van der Waals surface area (Å²) in [5, 5.41) is 9.21. The molecule has 106 valence electrons. The van der Waals surface area contributed by atoms with E-state index in [0.29, 0.717) is 0 Å². The fourth-order valence-electron chi connectivity index (χ4n) is 3.20. The van der Waals surface area contributed by atoms with Gasteiger partial charge in [-0.05, 0) is 25.7 Å². The third kappa shape index (κ3) is 2.68. The van der Waals surface area contributed by atoms with E-state index in [2.05, 4.69) is 0 Å². The first kappa shape index (κ1) is 13.1. The Kier molecular flexibility index (Phi) is 3.86. The predicted octanol–water partition coefficient (Wildman–Crippen LogP) is 1.78. The van der Waals surface area contributed by atoms with Gasteiger partial charge in [0, 0.05) is 18.4 Å². The fraction of sp³-hybridized carbons (Fsp3) is 0.786. The van der Waals surface area contributed by atoms with Crippen LogP contribution in [-0.4, -0.2) is 36.9 Å². The number of carboxylic acids is 1. The molecule has 0 saturated carbocycles. The molecule has 2 aliphatic heterocycles. The molecule has 1 N–H and O–H groups in total. The second-order valence-electron chi connectivity index (χ2n) is 5.48. The zero-order valence-electron chi connectivity index (χ0n) is 10.9. The number of rotatable bonds is 3. The van der Waals surface area contributed by atoms with Gasteiger partial charge in [0.15, 0.2) is 12.6 Å². The van der Waals surface area contributed by atoms with Crippen LogP contribution in [0.4, 0.5) is 0 Å². The summed E-state index contributed by atoms with van der Waals surface area (Å²) in [6, 6.07) is 0. The first-order valence-corrected chi connectivity index (χ1v) is 7.04. The third-order valence-corrected chi connectivity index (χ3v) is 4.26. The maximum absolute atomic E-state index is 11.2. The summed E-state index contributed by atoms with van der Waals surface area (Å²) in [6.45, 7) is 0.958. The molecule has 19 heavy (non-hydrogen) atoms. The summed E-state index contributed by atoms with van der Waals surface area (Å²) in [5.74, 6) is -1.09. The van der Waals surface area contributed by atoms with Crippen LogP contribution in [0.5, 0.6) is 0 Å². The van der Waals surface area contributed by atoms with Crippen molar-refractivity contribution in [3.05, 3.63) is 12.2 Å². The van der Waals surface area contributed by atoms with Crippen molar-refractivity contribution in [2.24, 2.45) is 17.8 Å². The van der Waals surface area contributed by atoms with E-state index < -0.39 is 11.9 Å². The molecule has 0 spiro atoms. The predicted molar refractivity (Wildman–Crippen MR) is 66.3 cm³/mol. The Morgan fingerprint density at radius 3 is 2.95 bits per heavy atom. The largest absolute Gasteiger partial charge is 0.481 e. The van der Waals surface area contributed by atoms with Crippen molar-refractivity contribution in [2.75, 3.05) is 13.2 Å². The Morgan fingerprint density at radius 2 is 2.21 bits per heavy atom. The molecule has 0 bridgehead atoms. The maximum Gasteiger partial charge on any atom is 0.309 e. The normalized spacial score (nSPS) is 42.0. The van der Waals surface area contributed by atoms with Crippen LogP contribution in [0.1, 0.15) is 25.7 Å². The summed E-state index contributed by atoms with van der Waals surface area (Å²) >= 11 is 0. The van der Waals surface area contributed by atoms with Crippen molar-refractivity contribution in [1.82, 2.24) is 0 Å². The lowest BCUT2D eigenvalue weighted by atomic mass is 9.82. The van der Waals surface area contributed by atoms with Crippen LogP contribution < -0.4 is 0 Å². The zero-order chi connectivity index (χ0) is 13.2. The maximum atomic E-state index is 11.2. The lowest BCUT2D eigenvalue weighted by molar-refractivity contribution is -0.291. The molecule has 5 atom stereocenters. The second-order valence-corrected chi connectivity index (χ2v) is 5.48. The highest BCUT2D eigenvalue weighted by Crippen LogP contribution is 2.40. The average molecular weight is 268 g/mol. The number of aliphatic carboxylic acids is 1. The summed E-state index contributed by atoms with van der Waals surface area (Å²) in [7, 11) is 0. The smallest absolute Gasteiger partial charge is 0.309 e. The highest BCUT2D eigenvalue weighted by atomic mass is 16.8. The van der Waals surface area contributed by atoms with Crippen molar-refractivity contribution >= 4 is 5.97 Å². The van der Waals surface area contributed by atoms with E-state index >= 15 is 0 Å². The second kappa shape index (κ2) is 5.61. The minimum Gasteiger partial charge on any atom is -0.481 e. The number of carboxylic acid groups (broad SMARTS) is 1. The van der Waals surface area contributed by atoms with Crippen LogP contribution in [0.25, 0.3) is 0 Å². The lowest BCUT2D eigenvalue weighted by Crippen LogP contribution is -2.46. The van der Waals surface area contributed by atoms with Crippen LogP contribution >= 0.6 is 0 Å². The van der Waals surface area contributed by atoms with E-state index in [1.54, 1.807) is 0 Å². The van der Waals surface area contributed by atoms with Crippen molar-refractivity contribution in [2.45, 2.75) is 38.3 Å². The molecule has 0 amide bonds. The van der Waals surface area contributed by atoms with Gasteiger partial charge in [-0.25, -0.2) is 0 Å². The molecular formula is C14H20O5. The van der Waals surface area contributed by atoms with Gasteiger partial charge in [-0.2, -0.15) is 0 Å². The van der Waals surface area contributed by atoms with Gasteiger partial charge >= 0.3 is 5.97 Å². The van der Waals surface area contributed by atoms with Gasteiger partial charge in [0.25, 0.3) is 0 Å². The van der Waals surface area contributed by atoms with Crippen LogP contribution in [0, 0.1) is 17.8 Å². The van der Waals surface area contributed by atoms with Crippen LogP contribution in [0.15, 0.2) is 12.2 Å². The van der Waals surface area contributed by atoms with Gasteiger partial charge < -0.3 is 19.3 Å². The minimum atomic E-state index is -0.783. The first-order chi connectivity index (χ1) is 9.25. The van der Waals surface area contributed by atoms with E-state index in [4.69, 9.17) is 14.2 Å². The molecule has 0 aromatic carbocycles. The number of ether oxygens (including phenoxy) is 3. The van der Waals surface area contributed by atoms with Crippen molar-refractivity contribution < 1.29 is 24.1 Å². The number of allylic oxidation sites excluding steroid dienone is 2. The molecule has 0 aromatic rings. The molecule has 3 aliphatic rings. The summed E-state index contributed by atoms with van der Waals surface area (Å²) < 4.78 is 17.1. The van der Waals surface area contributed by atoms with Gasteiger partial charge in [0.2, 0.25) is 0 Å². The Labute approximate surface area is 112 Å². The number of fused-ring (bicyclic) bond motifs is 1. The summed E-state index contributed by atoms with van der Waals surface area (Å²) in [5.41, 5.74) is 0. The molecule has 5 nitrogen and oxygen atoms in total. The van der Waals surface area contributed by atoms with Crippen LogP contribution in [0.3, 0.4) is 0 Å². The van der Waals surface area contributed by atoms with Gasteiger partial charge in [-0.3, -0.25) is 4.79 Å². The molecular weight excluding hydrogens is 248 g/mol. The Hall–Kier alpha value is -0.910. The Balaban J connectivity index is 1.63. The molecule has 0 radical (unpaired) electrons. The van der Waals surface area contributed by atoms with Crippen molar-refractivity contribution in [3.63, 3.8) is 0 Å². The lowest BCUT2D eigenvalue weighted by Gasteiger charge is -2.39.